The molecule has 7 rings (SSSR count). The van der Waals surface area contributed by atoms with Gasteiger partial charge >= 0.3 is 0 Å². The van der Waals surface area contributed by atoms with Crippen LogP contribution in [0.5, 0.6) is 11.5 Å². The average molecular weight is 1200 g/mol. The second kappa shape index (κ2) is 32.8. The molecule has 3 saturated carbocycles. The molecule has 1 N–H and O–H groups in total. The molecule has 13 heteroatoms. The lowest BCUT2D eigenvalue weighted by molar-refractivity contribution is -0.127. The summed E-state index contributed by atoms with van der Waals surface area (Å²) in [7, 11) is 1.46. The number of ketones is 4. The monoisotopic (exact) mass is 1200 g/mol. The maximum Gasteiger partial charge on any atom is 0.259 e. The van der Waals surface area contributed by atoms with Crippen molar-refractivity contribution in [1.29, 1.82) is 5.26 Å². The SMILES string of the molecule is COc1ccc(C(OCC(CC(=O)CCC(=O)CCC(=O)CCC(=O)CCCNC2CC[C@@]3(C)C(=CCC4C3CC[C@@]3(C)C4CC[C@@H]3[C@H](C)CCCC(C)C)C2)OP(OCCC#N)N(C(C)C)C(C)C)(c2ccccc2)c2ccc(OC)cc2)cc1. The number of Topliss-reactive ketones (excluding diaryl/α,β-unsaturated/α-hetero) is 4. The topological polar surface area (TPSA) is 153 Å². The van der Waals surface area contributed by atoms with Gasteiger partial charge in [0.15, 0.2) is 0 Å². The van der Waals surface area contributed by atoms with Crippen LogP contribution in [0, 0.1) is 57.7 Å². The summed E-state index contributed by atoms with van der Waals surface area (Å²) in [4.78, 5) is 53.6. The van der Waals surface area contributed by atoms with Crippen LogP contribution in [-0.2, 0) is 38.6 Å². The summed E-state index contributed by atoms with van der Waals surface area (Å²) in [6.45, 7) is 21.7. The van der Waals surface area contributed by atoms with E-state index < -0.39 is 20.2 Å². The number of rotatable bonds is 37. The van der Waals surface area contributed by atoms with Gasteiger partial charge in [-0.1, -0.05) is 120 Å². The van der Waals surface area contributed by atoms with Crippen LogP contribution in [0.15, 0.2) is 90.5 Å². The van der Waals surface area contributed by atoms with Crippen molar-refractivity contribution < 1.29 is 42.4 Å². The van der Waals surface area contributed by atoms with Crippen LogP contribution < -0.4 is 14.8 Å². The summed E-state index contributed by atoms with van der Waals surface area (Å²) in [5, 5.41) is 13.3. The Hall–Kier alpha value is -4.60. The van der Waals surface area contributed by atoms with E-state index in [2.05, 4.69) is 84.4 Å². The molecule has 10 atom stereocenters. The first-order valence-corrected chi connectivity index (χ1v) is 34.1. The maximum atomic E-state index is 14.1. The normalized spacial score (nSPS) is 23.9. The molecule has 0 bridgehead atoms. The molecule has 0 aliphatic heterocycles. The molecule has 0 spiro atoms. The van der Waals surface area contributed by atoms with E-state index >= 15 is 0 Å². The molecule has 472 valence electrons. The van der Waals surface area contributed by atoms with Crippen LogP contribution in [0.2, 0.25) is 0 Å². The van der Waals surface area contributed by atoms with Gasteiger partial charge in [0, 0.05) is 69.5 Å². The second-order valence-corrected chi connectivity index (χ2v) is 28.6. The summed E-state index contributed by atoms with van der Waals surface area (Å²) in [5.41, 5.74) is 3.76. The van der Waals surface area contributed by atoms with Gasteiger partial charge in [-0.3, -0.25) is 19.2 Å². The fraction of sp³-hybridized carbons (Fsp3) is 0.658. The molecule has 4 aliphatic rings. The van der Waals surface area contributed by atoms with Gasteiger partial charge in [0.1, 0.15) is 40.2 Å². The quantitative estimate of drug-likeness (QED) is 0.0253. The summed E-state index contributed by atoms with van der Waals surface area (Å²) >= 11 is 0. The van der Waals surface area contributed by atoms with Gasteiger partial charge < -0.3 is 28.6 Å². The minimum absolute atomic E-state index is 0.00228. The third kappa shape index (κ3) is 17.6. The number of hydrogen-bond acceptors (Lipinski definition) is 12. The number of nitrogens with one attached hydrogen (secondary N) is 1. The zero-order chi connectivity index (χ0) is 62.0. The number of carbonyl (C=O) groups is 4. The van der Waals surface area contributed by atoms with Gasteiger partial charge in [0.2, 0.25) is 0 Å². The Kier molecular flexibility index (Phi) is 26.2. The van der Waals surface area contributed by atoms with E-state index in [0.717, 1.165) is 71.6 Å². The Bertz CT molecular complexity index is 2650. The lowest BCUT2D eigenvalue weighted by Crippen LogP contribution is -2.51. The summed E-state index contributed by atoms with van der Waals surface area (Å²) in [6, 6.07) is 27.9. The fourth-order valence-electron chi connectivity index (χ4n) is 15.9. The number of fused-ring (bicyclic) bond motifs is 5. The average Bonchev–Trinajstić information content (AvgIpc) is 1.67. The second-order valence-electron chi connectivity index (χ2n) is 27.2. The summed E-state index contributed by atoms with van der Waals surface area (Å²) in [6.07, 6.45) is 17.9. The van der Waals surface area contributed by atoms with Crippen LogP contribution >= 0.6 is 8.53 Å². The van der Waals surface area contributed by atoms with Crippen LogP contribution in [0.4, 0.5) is 0 Å². The summed E-state index contributed by atoms with van der Waals surface area (Å²) in [5.74, 6) is 5.95. The summed E-state index contributed by atoms with van der Waals surface area (Å²) < 4.78 is 33.7. The predicted molar refractivity (Wildman–Crippen MR) is 345 cm³/mol. The van der Waals surface area contributed by atoms with E-state index in [4.69, 9.17) is 23.3 Å². The molecule has 0 heterocycles. The predicted octanol–water partition coefficient (Wildman–Crippen LogP) is 16.5. The van der Waals surface area contributed by atoms with Gasteiger partial charge in [0.25, 0.3) is 8.53 Å². The highest BCUT2D eigenvalue weighted by molar-refractivity contribution is 7.44. The van der Waals surface area contributed by atoms with Crippen molar-refractivity contribution in [3.8, 4) is 17.6 Å². The third-order valence-corrected chi connectivity index (χ3v) is 22.6. The molecule has 6 unspecified atom stereocenters. The minimum atomic E-state index is -1.79. The fourth-order valence-corrected chi connectivity index (χ4v) is 17.6. The number of methoxy groups -OCH3 is 2. The van der Waals surface area contributed by atoms with Gasteiger partial charge in [-0.25, -0.2) is 4.67 Å². The number of benzene rings is 3. The molecule has 0 saturated heterocycles. The number of nitriles is 1. The maximum absolute atomic E-state index is 14.1. The zero-order valence-electron chi connectivity index (χ0n) is 54.3. The van der Waals surface area contributed by atoms with Crippen molar-refractivity contribution in [2.45, 2.75) is 227 Å². The Morgan fingerprint density at radius 3 is 1.85 bits per heavy atom. The molecule has 4 aliphatic carbocycles. The number of nitrogens with zero attached hydrogens (tertiary/aromatic N) is 2. The van der Waals surface area contributed by atoms with Gasteiger partial charge in [-0.15, -0.1) is 0 Å². The Morgan fingerprint density at radius 2 is 1.28 bits per heavy atom. The van der Waals surface area contributed by atoms with Crippen molar-refractivity contribution in [3.05, 3.63) is 107 Å². The lowest BCUT2D eigenvalue weighted by atomic mass is 9.47. The Balaban J connectivity index is 0.888. The first kappa shape index (κ1) is 68.9. The first-order valence-electron chi connectivity index (χ1n) is 33.0. The van der Waals surface area contributed by atoms with Crippen molar-refractivity contribution >= 4 is 31.7 Å². The lowest BCUT2D eigenvalue weighted by Gasteiger charge is -2.58. The van der Waals surface area contributed by atoms with E-state index in [0.29, 0.717) is 34.8 Å². The molecule has 0 radical (unpaired) electrons. The molecule has 3 fully saturated rings. The largest absolute Gasteiger partial charge is 0.497 e. The van der Waals surface area contributed by atoms with E-state index in [1.807, 2.05) is 78.9 Å². The van der Waals surface area contributed by atoms with Gasteiger partial charge in [0.05, 0.1) is 46.0 Å². The van der Waals surface area contributed by atoms with E-state index in [-0.39, 0.29) is 99.8 Å². The van der Waals surface area contributed by atoms with Crippen LogP contribution in [0.1, 0.15) is 214 Å². The Labute approximate surface area is 519 Å². The van der Waals surface area contributed by atoms with Crippen LogP contribution in [0.25, 0.3) is 0 Å². The van der Waals surface area contributed by atoms with Gasteiger partial charge in [-0.05, 0) is 179 Å². The number of allylic oxidation sites excluding steroid dienone is 1. The van der Waals surface area contributed by atoms with Crippen LogP contribution in [0.3, 0.4) is 0 Å². The first-order chi connectivity index (χ1) is 41.3. The highest BCUT2D eigenvalue weighted by Crippen LogP contribution is 2.67. The molecule has 12 nitrogen and oxygen atoms in total. The molecule has 3 aromatic rings. The Morgan fingerprint density at radius 1 is 0.698 bits per heavy atom. The number of ether oxygens (including phenoxy) is 3. The number of hydrogen-bond donors (Lipinski definition) is 1. The van der Waals surface area contributed by atoms with E-state index in [1.54, 1.807) is 19.8 Å². The van der Waals surface area contributed by atoms with Gasteiger partial charge in [-0.2, -0.15) is 5.26 Å². The van der Waals surface area contributed by atoms with Crippen molar-refractivity contribution in [2.75, 3.05) is 34.0 Å². The van der Waals surface area contributed by atoms with Crippen LogP contribution in [-0.4, -0.2) is 86.0 Å². The van der Waals surface area contributed by atoms with Crippen molar-refractivity contribution in [3.63, 3.8) is 0 Å². The minimum Gasteiger partial charge on any atom is -0.497 e. The molecular formula is C73H106N3O9P. The smallest absolute Gasteiger partial charge is 0.259 e. The zero-order valence-corrected chi connectivity index (χ0v) is 55.2. The molecule has 3 aromatic carbocycles. The molecule has 0 amide bonds. The molecule has 0 aromatic heterocycles. The van der Waals surface area contributed by atoms with Crippen molar-refractivity contribution in [2.24, 2.45) is 46.3 Å². The van der Waals surface area contributed by atoms with Crippen molar-refractivity contribution in [1.82, 2.24) is 9.99 Å². The molecular weight excluding hydrogens is 1090 g/mol. The van der Waals surface area contributed by atoms with E-state index in [1.165, 1.54) is 64.2 Å². The number of carbonyl (C=O) groups excluding carboxylic acids is 4. The molecule has 86 heavy (non-hydrogen) atoms. The van der Waals surface area contributed by atoms with E-state index in [9.17, 15) is 24.4 Å². The standard InChI is InChI=1S/C73H106N3O9P/c1-51(2)18-15-19-54(7)68-39-40-69-67-38-27-58-48-59(41-43-71(58,8)70(67)42-44-72(68,69)9)75-46-16-22-60(77)28-29-61(78)30-31-62(79)32-33-63(80)49-66(85-86(84-47-17-45-74)76(52(3)4)53(5)6)50-83-73(55-20-13-12-14-21-55,56-23-34-64(81-10)35-24-56)57-25-36-65(82-11)37-26-57/h12-14,20-21,23-27,34-37,51-54,59,66-70,75H,15-19,22,28-33,38-44,46-50H2,1-11H3/t54-,59?,66?,67?,68-,69?,70?,71+,72-,86?/m1/s1. The third-order valence-electron chi connectivity index (χ3n) is 20.4. The highest BCUT2D eigenvalue weighted by Gasteiger charge is 2.59. The highest BCUT2D eigenvalue weighted by atomic mass is 31.2.